The Balaban J connectivity index is 2.42. The molecule has 12 heteroatoms. The van der Waals surface area contributed by atoms with Gasteiger partial charge in [-0.3, -0.25) is 19.3 Å². The SMILES string of the molecule is CCOC(=O)CN1C(=O)[C@@]2(C(C(=O)OCC)=C(N)OC(CC(=O)OC)=C2C(=O)OC)c2ccccc21. The summed E-state index contributed by atoms with van der Waals surface area (Å²) in [6.07, 6.45) is -0.604. The average molecular weight is 502 g/mol. The topological polar surface area (TPSA) is 161 Å². The standard InChI is InChI=1S/C24H26N2O10/c1-5-34-17(28)12-26-14-10-8-7-9-13(14)24(23(26)31)18(21(29)33-4)15(11-16(27)32-3)36-20(25)19(24)22(30)35-6-2/h7-10H,5-6,11-12,25H2,1-4H3/t24-/m0/s1. The van der Waals surface area contributed by atoms with Gasteiger partial charge in [0.05, 0.1) is 27.4 Å². The molecule has 36 heavy (non-hydrogen) atoms. The molecule has 0 radical (unpaired) electrons. The van der Waals surface area contributed by atoms with E-state index in [0.717, 1.165) is 19.1 Å². The van der Waals surface area contributed by atoms with Gasteiger partial charge in [-0.1, -0.05) is 18.2 Å². The highest BCUT2D eigenvalue weighted by molar-refractivity contribution is 6.23. The van der Waals surface area contributed by atoms with E-state index >= 15 is 0 Å². The van der Waals surface area contributed by atoms with Crippen LogP contribution in [0.15, 0.2) is 47.1 Å². The zero-order chi connectivity index (χ0) is 26.6. The van der Waals surface area contributed by atoms with Crippen LogP contribution < -0.4 is 10.6 Å². The van der Waals surface area contributed by atoms with E-state index in [0.29, 0.717) is 0 Å². The van der Waals surface area contributed by atoms with Gasteiger partial charge in [0.15, 0.2) is 0 Å². The summed E-state index contributed by atoms with van der Waals surface area (Å²) in [6, 6.07) is 6.21. The van der Waals surface area contributed by atoms with Gasteiger partial charge in [0.2, 0.25) is 11.8 Å². The summed E-state index contributed by atoms with van der Waals surface area (Å²) in [5.74, 6) is -5.41. The quantitative estimate of drug-likeness (QED) is 0.391. The van der Waals surface area contributed by atoms with Crippen molar-refractivity contribution in [2.24, 2.45) is 5.73 Å². The Hall–Kier alpha value is -4.35. The summed E-state index contributed by atoms with van der Waals surface area (Å²) in [4.78, 5) is 66.4. The van der Waals surface area contributed by atoms with Crippen molar-refractivity contribution in [2.45, 2.75) is 25.7 Å². The van der Waals surface area contributed by atoms with E-state index in [1.165, 1.54) is 12.1 Å². The highest BCUT2D eigenvalue weighted by Crippen LogP contribution is 2.54. The first-order chi connectivity index (χ1) is 17.2. The van der Waals surface area contributed by atoms with Crippen LogP contribution in [-0.4, -0.2) is 63.8 Å². The maximum Gasteiger partial charge on any atom is 0.341 e. The molecule has 0 unspecified atom stereocenters. The van der Waals surface area contributed by atoms with E-state index in [-0.39, 0.29) is 30.2 Å². The Morgan fingerprint density at radius 1 is 0.944 bits per heavy atom. The van der Waals surface area contributed by atoms with E-state index in [1.54, 1.807) is 26.0 Å². The van der Waals surface area contributed by atoms with Crippen LogP contribution in [0, 0.1) is 0 Å². The number of hydrogen-bond donors (Lipinski definition) is 1. The molecule has 2 heterocycles. The van der Waals surface area contributed by atoms with Crippen molar-refractivity contribution in [3.05, 3.63) is 52.6 Å². The predicted molar refractivity (Wildman–Crippen MR) is 122 cm³/mol. The maximum absolute atomic E-state index is 14.3. The molecule has 0 saturated heterocycles. The normalized spacial score (nSPS) is 18.6. The van der Waals surface area contributed by atoms with Crippen molar-refractivity contribution in [1.29, 1.82) is 0 Å². The zero-order valence-electron chi connectivity index (χ0n) is 20.2. The molecular weight excluding hydrogens is 476 g/mol. The zero-order valence-corrected chi connectivity index (χ0v) is 20.2. The minimum atomic E-state index is -2.24. The van der Waals surface area contributed by atoms with Crippen molar-refractivity contribution >= 4 is 35.5 Å². The van der Waals surface area contributed by atoms with Crippen LogP contribution in [0.1, 0.15) is 25.8 Å². The number of amides is 1. The van der Waals surface area contributed by atoms with Gasteiger partial charge in [-0.25, -0.2) is 9.59 Å². The lowest BCUT2D eigenvalue weighted by Gasteiger charge is -2.36. The minimum Gasteiger partial charge on any atom is -0.469 e. The number of carbonyl (C=O) groups excluding carboxylic acids is 5. The number of rotatable bonds is 8. The molecule has 192 valence electrons. The van der Waals surface area contributed by atoms with Crippen molar-refractivity contribution in [2.75, 3.05) is 38.9 Å². The minimum absolute atomic E-state index is 0.0685. The van der Waals surface area contributed by atoms with Crippen LogP contribution in [0.25, 0.3) is 0 Å². The lowest BCUT2D eigenvalue weighted by molar-refractivity contribution is -0.143. The molecule has 2 aliphatic rings. The number of hydrogen-bond acceptors (Lipinski definition) is 11. The number of esters is 4. The molecule has 3 rings (SSSR count). The second kappa shape index (κ2) is 10.5. The summed E-state index contributed by atoms with van der Waals surface area (Å²) in [7, 11) is 2.19. The molecule has 0 saturated carbocycles. The number of methoxy groups -OCH3 is 2. The van der Waals surface area contributed by atoms with Crippen LogP contribution in [0.3, 0.4) is 0 Å². The van der Waals surface area contributed by atoms with Crippen molar-refractivity contribution in [1.82, 2.24) is 0 Å². The average Bonchev–Trinajstić information content (AvgIpc) is 3.07. The third kappa shape index (κ3) is 4.14. The Morgan fingerprint density at radius 3 is 2.22 bits per heavy atom. The molecule has 12 nitrogen and oxygen atoms in total. The third-order valence-corrected chi connectivity index (χ3v) is 5.67. The molecule has 1 aromatic rings. The summed E-state index contributed by atoms with van der Waals surface area (Å²) in [6.45, 7) is 2.61. The van der Waals surface area contributed by atoms with E-state index in [1.807, 2.05) is 0 Å². The van der Waals surface area contributed by atoms with Crippen LogP contribution in [-0.2, 0) is 53.1 Å². The molecule has 0 aromatic heterocycles. The van der Waals surface area contributed by atoms with Crippen LogP contribution in [0.2, 0.25) is 0 Å². The van der Waals surface area contributed by atoms with Gasteiger partial charge in [0.25, 0.3) is 0 Å². The molecule has 1 amide bonds. The first kappa shape index (κ1) is 26.3. The van der Waals surface area contributed by atoms with Crippen LogP contribution >= 0.6 is 0 Å². The Kier molecular flexibility index (Phi) is 7.66. The number of carbonyl (C=O) groups is 5. The summed E-state index contributed by atoms with van der Waals surface area (Å²) in [5.41, 5.74) is 3.31. The fourth-order valence-electron chi connectivity index (χ4n) is 4.34. The lowest BCUT2D eigenvalue weighted by atomic mass is 9.67. The first-order valence-electron chi connectivity index (χ1n) is 11.0. The van der Waals surface area contributed by atoms with Gasteiger partial charge in [-0.15, -0.1) is 0 Å². The smallest absolute Gasteiger partial charge is 0.341 e. The number of ether oxygens (including phenoxy) is 5. The lowest BCUT2D eigenvalue weighted by Crippen LogP contribution is -2.51. The van der Waals surface area contributed by atoms with Gasteiger partial charge < -0.3 is 29.4 Å². The predicted octanol–water partition coefficient (Wildman–Crippen LogP) is 0.588. The number of benzene rings is 1. The van der Waals surface area contributed by atoms with Gasteiger partial charge in [0.1, 0.15) is 35.3 Å². The van der Waals surface area contributed by atoms with E-state index < -0.39 is 65.2 Å². The Morgan fingerprint density at radius 2 is 1.61 bits per heavy atom. The molecule has 0 fully saturated rings. The fourth-order valence-corrected chi connectivity index (χ4v) is 4.34. The first-order valence-corrected chi connectivity index (χ1v) is 11.0. The van der Waals surface area contributed by atoms with Crippen LogP contribution in [0.4, 0.5) is 5.69 Å². The van der Waals surface area contributed by atoms with Gasteiger partial charge in [0, 0.05) is 11.3 Å². The molecule has 0 aliphatic carbocycles. The number of fused-ring (bicyclic) bond motifs is 2. The van der Waals surface area contributed by atoms with E-state index in [4.69, 9.17) is 29.4 Å². The van der Waals surface area contributed by atoms with Crippen molar-refractivity contribution in [3.63, 3.8) is 0 Å². The molecule has 2 N–H and O–H groups in total. The van der Waals surface area contributed by atoms with Crippen molar-refractivity contribution in [3.8, 4) is 0 Å². The van der Waals surface area contributed by atoms with E-state index in [2.05, 4.69) is 0 Å². The summed E-state index contributed by atoms with van der Waals surface area (Å²) < 4.78 is 25.4. The molecular formula is C24H26N2O10. The molecule has 2 aliphatic heterocycles. The van der Waals surface area contributed by atoms with Gasteiger partial charge >= 0.3 is 23.9 Å². The number of para-hydroxylation sites is 1. The molecule has 1 atom stereocenters. The Bertz CT molecular complexity index is 1190. The monoisotopic (exact) mass is 502 g/mol. The highest BCUT2D eigenvalue weighted by Gasteiger charge is 2.64. The second-order valence-corrected chi connectivity index (χ2v) is 7.57. The Labute approximate surface area is 206 Å². The van der Waals surface area contributed by atoms with Gasteiger partial charge in [-0.05, 0) is 19.9 Å². The number of nitrogens with two attached hydrogens (primary N) is 1. The van der Waals surface area contributed by atoms with Crippen molar-refractivity contribution < 1.29 is 47.7 Å². The molecule has 1 spiro atoms. The van der Waals surface area contributed by atoms with E-state index in [9.17, 15) is 24.0 Å². The summed E-state index contributed by atoms with van der Waals surface area (Å²) >= 11 is 0. The number of nitrogens with zero attached hydrogens (tertiary/aromatic N) is 1. The maximum atomic E-state index is 14.3. The summed E-state index contributed by atoms with van der Waals surface area (Å²) in [5, 5.41) is 0. The second-order valence-electron chi connectivity index (χ2n) is 7.57. The third-order valence-electron chi connectivity index (χ3n) is 5.67. The fraction of sp³-hybridized carbons (Fsp3) is 0.375. The molecule has 1 aromatic carbocycles. The number of anilines is 1. The highest BCUT2D eigenvalue weighted by atomic mass is 16.5. The van der Waals surface area contributed by atoms with Gasteiger partial charge in [-0.2, -0.15) is 0 Å². The molecule has 0 bridgehead atoms. The largest absolute Gasteiger partial charge is 0.469 e. The van der Waals surface area contributed by atoms with Crippen LogP contribution in [0.5, 0.6) is 0 Å².